The van der Waals surface area contributed by atoms with Gasteiger partial charge in [0.05, 0.1) is 18.1 Å². The van der Waals surface area contributed by atoms with Gasteiger partial charge in [-0.3, -0.25) is 0 Å². The molecule has 0 radical (unpaired) electrons. The second-order valence-electron chi connectivity index (χ2n) is 4.56. The molecule has 0 heterocycles. The number of benzene rings is 2. The first-order valence-electron chi connectivity index (χ1n) is 6.06. The molecular formula is C16H12F3N. The van der Waals surface area contributed by atoms with E-state index in [2.05, 4.69) is 6.07 Å². The smallest absolute Gasteiger partial charge is 0.198 e. The zero-order chi connectivity index (χ0) is 14.8. The van der Waals surface area contributed by atoms with Crippen LogP contribution in [0.25, 0.3) is 11.1 Å². The topological polar surface area (TPSA) is 23.8 Å². The molecule has 2 aromatic rings. The van der Waals surface area contributed by atoms with Gasteiger partial charge in [0.1, 0.15) is 0 Å². The first-order valence-corrected chi connectivity index (χ1v) is 6.06. The summed E-state index contributed by atoms with van der Waals surface area (Å²) in [4.78, 5) is 0. The summed E-state index contributed by atoms with van der Waals surface area (Å²) in [6, 6.07) is 12.7. The van der Waals surface area contributed by atoms with Crippen molar-refractivity contribution >= 4 is 0 Å². The van der Waals surface area contributed by atoms with Gasteiger partial charge >= 0.3 is 6.18 Å². The lowest BCUT2D eigenvalue weighted by atomic mass is 9.97. The Morgan fingerprint density at radius 3 is 2.20 bits per heavy atom. The summed E-state index contributed by atoms with van der Waals surface area (Å²) in [7, 11) is 0. The van der Waals surface area contributed by atoms with E-state index in [4.69, 9.17) is 5.26 Å². The lowest BCUT2D eigenvalue weighted by molar-refractivity contribution is -0.137. The maximum atomic E-state index is 12.5. The summed E-state index contributed by atoms with van der Waals surface area (Å²) in [6.45, 7) is 1.88. The van der Waals surface area contributed by atoms with Crippen molar-refractivity contribution in [1.82, 2.24) is 0 Å². The van der Waals surface area contributed by atoms with Crippen LogP contribution in [0.2, 0.25) is 0 Å². The lowest BCUT2D eigenvalue weighted by Gasteiger charge is -2.10. The summed E-state index contributed by atoms with van der Waals surface area (Å²) >= 11 is 0. The predicted molar refractivity (Wildman–Crippen MR) is 70.9 cm³/mol. The highest BCUT2D eigenvalue weighted by atomic mass is 19.4. The van der Waals surface area contributed by atoms with E-state index in [-0.39, 0.29) is 0 Å². The maximum Gasteiger partial charge on any atom is 0.416 e. The van der Waals surface area contributed by atoms with E-state index in [0.717, 1.165) is 34.4 Å². The average Bonchev–Trinajstić information content (AvgIpc) is 2.38. The molecule has 0 saturated heterocycles. The van der Waals surface area contributed by atoms with Gasteiger partial charge in [0.15, 0.2) is 0 Å². The SMILES string of the molecule is Cc1cc(CC#N)ccc1-c1ccc(C(F)(F)F)cc1. The molecule has 4 heteroatoms. The zero-order valence-corrected chi connectivity index (χ0v) is 10.8. The van der Waals surface area contributed by atoms with Gasteiger partial charge < -0.3 is 0 Å². The van der Waals surface area contributed by atoms with Gasteiger partial charge in [-0.05, 0) is 41.3 Å². The van der Waals surface area contributed by atoms with Crippen LogP contribution < -0.4 is 0 Å². The third-order valence-electron chi connectivity index (χ3n) is 3.10. The van der Waals surface area contributed by atoms with Crippen LogP contribution in [0, 0.1) is 18.3 Å². The Kier molecular flexibility index (Phi) is 3.80. The Morgan fingerprint density at radius 2 is 1.70 bits per heavy atom. The number of rotatable bonds is 2. The zero-order valence-electron chi connectivity index (χ0n) is 10.8. The van der Waals surface area contributed by atoms with Gasteiger partial charge in [0, 0.05) is 0 Å². The largest absolute Gasteiger partial charge is 0.416 e. The molecule has 0 unspecified atom stereocenters. The Morgan fingerprint density at radius 1 is 1.05 bits per heavy atom. The molecular weight excluding hydrogens is 263 g/mol. The van der Waals surface area contributed by atoms with Crippen molar-refractivity contribution in [3.05, 3.63) is 59.2 Å². The molecule has 0 bridgehead atoms. The van der Waals surface area contributed by atoms with E-state index >= 15 is 0 Å². The van der Waals surface area contributed by atoms with Crippen LogP contribution in [0.4, 0.5) is 13.2 Å². The molecule has 2 rings (SSSR count). The summed E-state index contributed by atoms with van der Waals surface area (Å²) in [5.41, 5.74) is 2.80. The van der Waals surface area contributed by atoms with Crippen LogP contribution in [0.15, 0.2) is 42.5 Å². The quantitative estimate of drug-likeness (QED) is 0.776. The minimum atomic E-state index is -4.32. The highest BCUT2D eigenvalue weighted by Crippen LogP contribution is 2.31. The van der Waals surface area contributed by atoms with Crippen LogP contribution in [-0.2, 0) is 12.6 Å². The number of alkyl halides is 3. The van der Waals surface area contributed by atoms with Crippen molar-refractivity contribution in [2.75, 3.05) is 0 Å². The van der Waals surface area contributed by atoms with E-state index in [9.17, 15) is 13.2 Å². The number of nitrogens with zero attached hydrogens (tertiary/aromatic N) is 1. The molecule has 0 atom stereocenters. The summed E-state index contributed by atoms with van der Waals surface area (Å²) in [5, 5.41) is 8.65. The molecule has 0 fully saturated rings. The molecule has 0 amide bonds. The minimum absolute atomic E-state index is 0.328. The number of hydrogen-bond acceptors (Lipinski definition) is 1. The van der Waals surface area contributed by atoms with Crippen molar-refractivity contribution in [3.63, 3.8) is 0 Å². The molecule has 20 heavy (non-hydrogen) atoms. The first-order chi connectivity index (χ1) is 9.41. The van der Waals surface area contributed by atoms with Crippen LogP contribution in [0.1, 0.15) is 16.7 Å². The Bertz CT molecular complexity index is 649. The van der Waals surface area contributed by atoms with Crippen molar-refractivity contribution in [2.45, 2.75) is 19.5 Å². The van der Waals surface area contributed by atoms with E-state index < -0.39 is 11.7 Å². The second-order valence-corrected chi connectivity index (χ2v) is 4.56. The van der Waals surface area contributed by atoms with Crippen molar-refractivity contribution in [1.29, 1.82) is 5.26 Å². The molecule has 0 N–H and O–H groups in total. The summed E-state index contributed by atoms with van der Waals surface area (Å²) in [6.07, 6.45) is -3.99. The molecule has 0 aliphatic rings. The molecule has 1 nitrogen and oxygen atoms in total. The molecule has 0 aliphatic heterocycles. The van der Waals surface area contributed by atoms with Crippen LogP contribution >= 0.6 is 0 Å². The molecule has 0 spiro atoms. The monoisotopic (exact) mass is 275 g/mol. The number of halogens is 3. The lowest BCUT2D eigenvalue weighted by Crippen LogP contribution is -2.04. The average molecular weight is 275 g/mol. The first kappa shape index (κ1) is 14.1. The maximum absolute atomic E-state index is 12.5. The normalized spacial score (nSPS) is 11.2. The van der Waals surface area contributed by atoms with Gasteiger partial charge in [-0.1, -0.05) is 30.3 Å². The molecule has 2 aromatic carbocycles. The molecule has 102 valence electrons. The third-order valence-corrected chi connectivity index (χ3v) is 3.10. The van der Waals surface area contributed by atoms with Gasteiger partial charge in [0.2, 0.25) is 0 Å². The van der Waals surface area contributed by atoms with E-state index in [1.165, 1.54) is 12.1 Å². The van der Waals surface area contributed by atoms with Crippen LogP contribution in [0.5, 0.6) is 0 Å². The Hall–Kier alpha value is -2.28. The number of nitriles is 1. The summed E-state index contributed by atoms with van der Waals surface area (Å²) in [5.74, 6) is 0. The van der Waals surface area contributed by atoms with E-state index in [1.54, 1.807) is 0 Å². The van der Waals surface area contributed by atoms with E-state index in [1.807, 2.05) is 25.1 Å². The van der Waals surface area contributed by atoms with Gasteiger partial charge in [-0.2, -0.15) is 18.4 Å². The van der Waals surface area contributed by atoms with Gasteiger partial charge in [0.25, 0.3) is 0 Å². The summed E-state index contributed by atoms with van der Waals surface area (Å²) < 4.78 is 37.5. The molecule has 0 aromatic heterocycles. The predicted octanol–water partition coefficient (Wildman–Crippen LogP) is 4.75. The second kappa shape index (κ2) is 5.38. The van der Waals surface area contributed by atoms with Crippen LogP contribution in [-0.4, -0.2) is 0 Å². The fraction of sp³-hybridized carbons (Fsp3) is 0.188. The minimum Gasteiger partial charge on any atom is -0.198 e. The standard InChI is InChI=1S/C16H12F3N/c1-11-10-12(8-9-20)2-7-15(11)13-3-5-14(6-4-13)16(17,18)19/h2-7,10H,8H2,1H3. The Balaban J connectivity index is 2.35. The highest BCUT2D eigenvalue weighted by molar-refractivity contribution is 5.68. The van der Waals surface area contributed by atoms with Gasteiger partial charge in [-0.25, -0.2) is 0 Å². The fourth-order valence-corrected chi connectivity index (χ4v) is 2.09. The molecule has 0 aliphatic carbocycles. The van der Waals surface area contributed by atoms with Gasteiger partial charge in [-0.15, -0.1) is 0 Å². The van der Waals surface area contributed by atoms with Crippen molar-refractivity contribution in [3.8, 4) is 17.2 Å². The Labute approximate surface area is 115 Å². The highest BCUT2D eigenvalue weighted by Gasteiger charge is 2.29. The van der Waals surface area contributed by atoms with Crippen molar-refractivity contribution < 1.29 is 13.2 Å². The van der Waals surface area contributed by atoms with Crippen molar-refractivity contribution in [2.24, 2.45) is 0 Å². The number of aryl methyl sites for hydroxylation is 1. The fourth-order valence-electron chi connectivity index (χ4n) is 2.09. The van der Waals surface area contributed by atoms with E-state index in [0.29, 0.717) is 6.42 Å². The third kappa shape index (κ3) is 3.00. The van der Waals surface area contributed by atoms with Crippen LogP contribution in [0.3, 0.4) is 0 Å². The molecule has 0 saturated carbocycles. The number of hydrogen-bond donors (Lipinski definition) is 0.